The zero-order valence-corrected chi connectivity index (χ0v) is 25.1. The minimum atomic E-state index is -0.312. The Morgan fingerprint density at radius 1 is 0.897 bits per heavy atom. The van der Waals surface area contributed by atoms with Crippen LogP contribution in [0.15, 0.2) is 46.1 Å². The first-order chi connectivity index (χ1) is 18.9. The number of hydrogen-bond donors (Lipinski definition) is 0. The first kappa shape index (κ1) is 27.6. The first-order valence-corrected chi connectivity index (χ1v) is 15.7. The number of unbranched alkanes of at least 4 members (excludes halogenated alkanes) is 1. The Balaban J connectivity index is 1.33. The van der Waals surface area contributed by atoms with Crippen molar-refractivity contribution in [3.05, 3.63) is 46.3 Å². The fourth-order valence-electron chi connectivity index (χ4n) is 4.98. The Kier molecular flexibility index (Phi) is 8.54. The van der Waals surface area contributed by atoms with Gasteiger partial charge in [0.25, 0.3) is 11.8 Å². The van der Waals surface area contributed by atoms with E-state index in [2.05, 4.69) is 34.2 Å². The molecular weight excluding hydrogens is 547 g/mol. The van der Waals surface area contributed by atoms with Gasteiger partial charge in [-0.2, -0.15) is 0 Å². The second-order valence-electron chi connectivity index (χ2n) is 9.82. The SMILES string of the molecule is CCCCN1CCc2cc(N=Nc3cc4sc(C=C5C(=O)N(CCC)C(=S)N(CCC)C5=O)cc4s3)ccc21. The zero-order valence-electron chi connectivity index (χ0n) is 22.6. The summed E-state index contributed by atoms with van der Waals surface area (Å²) in [5.74, 6) is -0.624. The van der Waals surface area contributed by atoms with Crippen molar-refractivity contribution < 1.29 is 9.59 Å². The normalized spacial score (nSPS) is 15.9. The molecule has 2 aliphatic rings. The van der Waals surface area contributed by atoms with Crippen molar-refractivity contribution in [1.82, 2.24) is 9.80 Å². The van der Waals surface area contributed by atoms with Crippen molar-refractivity contribution in [2.45, 2.75) is 52.9 Å². The summed E-state index contributed by atoms with van der Waals surface area (Å²) < 4.78 is 2.12. The van der Waals surface area contributed by atoms with Crippen molar-refractivity contribution in [3.63, 3.8) is 0 Å². The number of fused-ring (bicyclic) bond motifs is 2. The molecule has 2 aromatic heterocycles. The van der Waals surface area contributed by atoms with Gasteiger partial charge >= 0.3 is 0 Å². The van der Waals surface area contributed by atoms with E-state index in [9.17, 15) is 9.59 Å². The molecule has 5 rings (SSSR count). The number of anilines is 1. The standard InChI is InChI=1S/C29H33N5O2S3/c1-4-7-13-32-14-10-19-15-20(8-9-23(19)32)30-31-26-18-25-24(39-26)17-21(38-25)16-22-27(35)33(11-5-2)29(37)34(12-6-3)28(22)36/h8-9,15-18H,4-7,10-14H2,1-3H3. The van der Waals surface area contributed by atoms with E-state index >= 15 is 0 Å². The highest BCUT2D eigenvalue weighted by molar-refractivity contribution is 7.80. The number of nitrogens with zero attached hydrogens (tertiary/aromatic N) is 5. The van der Waals surface area contributed by atoms with Crippen LogP contribution < -0.4 is 4.90 Å². The molecule has 3 aromatic rings. The molecular formula is C29H33N5O2S3. The largest absolute Gasteiger partial charge is 0.371 e. The maximum atomic E-state index is 13.2. The van der Waals surface area contributed by atoms with E-state index in [4.69, 9.17) is 12.2 Å². The summed E-state index contributed by atoms with van der Waals surface area (Å²) in [6, 6.07) is 10.4. The van der Waals surface area contributed by atoms with Crippen LogP contribution in [0.1, 0.15) is 56.9 Å². The maximum Gasteiger partial charge on any atom is 0.265 e. The van der Waals surface area contributed by atoms with E-state index in [0.717, 1.165) is 57.3 Å². The summed E-state index contributed by atoms with van der Waals surface area (Å²) in [4.78, 5) is 32.7. The predicted octanol–water partition coefficient (Wildman–Crippen LogP) is 7.70. The lowest BCUT2D eigenvalue weighted by Gasteiger charge is -2.36. The Bertz CT molecular complexity index is 1410. The highest BCUT2D eigenvalue weighted by Crippen LogP contribution is 2.40. The van der Waals surface area contributed by atoms with Gasteiger partial charge in [-0.15, -0.1) is 32.9 Å². The molecule has 0 N–H and O–H groups in total. The second kappa shape index (κ2) is 12.1. The number of amides is 2. The van der Waals surface area contributed by atoms with E-state index < -0.39 is 0 Å². The zero-order chi connectivity index (χ0) is 27.5. The third-order valence-corrected chi connectivity index (χ3v) is 9.47. The molecule has 1 aromatic carbocycles. The highest BCUT2D eigenvalue weighted by atomic mass is 32.1. The molecule has 7 nitrogen and oxygen atoms in total. The van der Waals surface area contributed by atoms with Gasteiger partial charge < -0.3 is 4.90 Å². The van der Waals surface area contributed by atoms with Crippen molar-refractivity contribution in [3.8, 4) is 0 Å². The molecule has 0 spiro atoms. The minimum Gasteiger partial charge on any atom is -0.371 e. The maximum absolute atomic E-state index is 13.2. The van der Waals surface area contributed by atoms with Gasteiger partial charge in [0.15, 0.2) is 5.11 Å². The molecule has 1 saturated heterocycles. The number of thiophene rings is 2. The summed E-state index contributed by atoms with van der Waals surface area (Å²) in [7, 11) is 0. The lowest BCUT2D eigenvalue weighted by atomic mass is 10.1. The Morgan fingerprint density at radius 3 is 2.28 bits per heavy atom. The lowest BCUT2D eigenvalue weighted by Crippen LogP contribution is -2.56. The number of carbonyl (C=O) groups is 2. The topological polar surface area (TPSA) is 68.6 Å². The Labute approximate surface area is 242 Å². The van der Waals surface area contributed by atoms with Crippen LogP contribution in [0.3, 0.4) is 0 Å². The number of hydrogen-bond acceptors (Lipinski definition) is 8. The Morgan fingerprint density at radius 2 is 1.62 bits per heavy atom. The van der Waals surface area contributed by atoms with Crippen molar-refractivity contribution in [2.75, 3.05) is 31.1 Å². The molecule has 4 heterocycles. The van der Waals surface area contributed by atoms with E-state index in [1.807, 2.05) is 32.0 Å². The molecule has 0 radical (unpaired) electrons. The number of rotatable bonds is 10. The highest BCUT2D eigenvalue weighted by Gasteiger charge is 2.38. The van der Waals surface area contributed by atoms with Gasteiger partial charge in [-0.05, 0) is 79.9 Å². The van der Waals surface area contributed by atoms with Gasteiger partial charge in [-0.25, -0.2) is 0 Å². The number of thiocarbonyl (C=S) groups is 1. The monoisotopic (exact) mass is 579 g/mol. The summed E-state index contributed by atoms with van der Waals surface area (Å²) in [6.07, 6.45) is 6.72. The van der Waals surface area contributed by atoms with Crippen LogP contribution in [0.4, 0.5) is 16.4 Å². The quantitative estimate of drug-likeness (QED) is 0.107. The van der Waals surface area contributed by atoms with E-state index in [1.165, 1.54) is 24.1 Å². The summed E-state index contributed by atoms with van der Waals surface area (Å²) >= 11 is 8.57. The average molecular weight is 580 g/mol. The van der Waals surface area contributed by atoms with Gasteiger partial charge in [-0.3, -0.25) is 19.4 Å². The molecule has 39 heavy (non-hydrogen) atoms. The van der Waals surface area contributed by atoms with E-state index in [-0.39, 0.29) is 17.4 Å². The molecule has 0 saturated carbocycles. The molecule has 0 aliphatic carbocycles. The summed E-state index contributed by atoms with van der Waals surface area (Å²) in [5.41, 5.74) is 3.71. The molecule has 204 valence electrons. The third kappa shape index (κ3) is 5.69. The summed E-state index contributed by atoms with van der Waals surface area (Å²) in [6.45, 7) is 9.40. The molecule has 0 atom stereocenters. The number of carbonyl (C=O) groups excluding carboxylic acids is 2. The van der Waals surface area contributed by atoms with Crippen LogP contribution >= 0.6 is 34.9 Å². The van der Waals surface area contributed by atoms with Crippen molar-refractivity contribution in [2.24, 2.45) is 10.2 Å². The van der Waals surface area contributed by atoms with Crippen LogP contribution in [-0.4, -0.2) is 52.9 Å². The van der Waals surface area contributed by atoms with Gasteiger partial charge in [0.2, 0.25) is 0 Å². The lowest BCUT2D eigenvalue weighted by molar-refractivity contribution is -0.133. The van der Waals surface area contributed by atoms with Gasteiger partial charge in [-0.1, -0.05) is 27.2 Å². The van der Waals surface area contributed by atoms with Crippen LogP contribution in [-0.2, 0) is 16.0 Å². The molecule has 0 bridgehead atoms. The van der Waals surface area contributed by atoms with Crippen molar-refractivity contribution >= 4 is 83.7 Å². The van der Waals surface area contributed by atoms with Gasteiger partial charge in [0.05, 0.1) is 5.69 Å². The van der Waals surface area contributed by atoms with Crippen molar-refractivity contribution in [1.29, 1.82) is 0 Å². The third-order valence-electron chi connectivity index (χ3n) is 6.91. The van der Waals surface area contributed by atoms with Gasteiger partial charge in [0.1, 0.15) is 10.6 Å². The smallest absolute Gasteiger partial charge is 0.265 e. The minimum absolute atomic E-state index is 0.171. The fraction of sp³-hybridized carbons (Fsp3) is 0.414. The van der Waals surface area contributed by atoms with Crippen LogP contribution in [0.2, 0.25) is 0 Å². The number of azo groups is 1. The van der Waals surface area contributed by atoms with Crippen LogP contribution in [0, 0.1) is 0 Å². The fourth-order valence-corrected chi connectivity index (χ4v) is 7.49. The molecule has 1 fully saturated rings. The summed E-state index contributed by atoms with van der Waals surface area (Å²) in [5, 5.41) is 10.2. The molecule has 2 aliphatic heterocycles. The van der Waals surface area contributed by atoms with E-state index in [1.54, 1.807) is 38.5 Å². The molecule has 2 amide bonds. The van der Waals surface area contributed by atoms with Gasteiger partial charge in [0, 0.05) is 46.1 Å². The Hall–Kier alpha value is -2.95. The average Bonchev–Trinajstić information content (AvgIpc) is 3.62. The second-order valence-corrected chi connectivity index (χ2v) is 12.4. The first-order valence-electron chi connectivity index (χ1n) is 13.7. The van der Waals surface area contributed by atoms with Crippen LogP contribution in [0.5, 0.6) is 0 Å². The van der Waals surface area contributed by atoms with Crippen LogP contribution in [0.25, 0.3) is 15.5 Å². The number of benzene rings is 1. The van der Waals surface area contributed by atoms with E-state index in [0.29, 0.717) is 18.2 Å². The predicted molar refractivity (Wildman–Crippen MR) is 166 cm³/mol. The molecule has 0 unspecified atom stereocenters. The molecule has 10 heteroatoms.